The molecule has 0 bridgehead atoms. The van der Waals surface area contributed by atoms with Crippen LogP contribution in [0.1, 0.15) is 5.56 Å². The highest BCUT2D eigenvalue weighted by atomic mass is 16.3. The second kappa shape index (κ2) is 4.98. The average molecular weight is 194 g/mol. The van der Waals surface area contributed by atoms with Crippen LogP contribution in [0.25, 0.3) is 0 Å². The van der Waals surface area contributed by atoms with Crippen molar-refractivity contribution >= 4 is 5.69 Å². The largest absolute Gasteiger partial charge is 0.394 e. The second-order valence-electron chi connectivity index (χ2n) is 3.52. The highest BCUT2D eigenvalue weighted by molar-refractivity contribution is 5.47. The molecule has 1 unspecified atom stereocenters. The third-order valence-electron chi connectivity index (χ3n) is 2.47. The topological polar surface area (TPSA) is 49.5 Å². The number of anilines is 1. The van der Waals surface area contributed by atoms with Gasteiger partial charge in [-0.05, 0) is 19.1 Å². The summed E-state index contributed by atoms with van der Waals surface area (Å²) in [6.45, 7) is 2.60. The molecule has 0 aliphatic heterocycles. The number of benzene rings is 1. The van der Waals surface area contributed by atoms with Crippen LogP contribution in [-0.2, 0) is 0 Å². The first-order chi connectivity index (χ1) is 6.69. The quantitative estimate of drug-likeness (QED) is 0.743. The molecule has 0 amide bonds. The van der Waals surface area contributed by atoms with Crippen LogP contribution < -0.4 is 10.6 Å². The van der Waals surface area contributed by atoms with E-state index < -0.39 is 0 Å². The molecule has 0 spiro atoms. The normalized spacial score (nSPS) is 12.6. The molecule has 0 saturated carbocycles. The predicted octanol–water partition coefficient (Wildman–Crippen LogP) is 0.751. The lowest BCUT2D eigenvalue weighted by molar-refractivity contribution is 0.265. The van der Waals surface area contributed by atoms with Crippen molar-refractivity contribution in [2.75, 3.05) is 25.1 Å². The summed E-state index contributed by atoms with van der Waals surface area (Å²) >= 11 is 0. The third kappa shape index (κ3) is 2.47. The molecule has 3 N–H and O–H groups in total. The Balaban J connectivity index is 2.77. The molecule has 0 saturated heterocycles. The number of likely N-dealkylation sites (N-methyl/N-ethyl adjacent to an activating group) is 1. The molecule has 3 heteroatoms. The Morgan fingerprint density at radius 3 is 2.36 bits per heavy atom. The average Bonchev–Trinajstić information content (AvgIpc) is 2.20. The molecule has 14 heavy (non-hydrogen) atoms. The molecule has 0 aromatic heterocycles. The number of hydrogen-bond donors (Lipinski definition) is 2. The molecule has 0 heterocycles. The van der Waals surface area contributed by atoms with Crippen molar-refractivity contribution in [1.29, 1.82) is 0 Å². The van der Waals surface area contributed by atoms with Gasteiger partial charge in [0.05, 0.1) is 12.6 Å². The van der Waals surface area contributed by atoms with Crippen molar-refractivity contribution in [2.45, 2.75) is 13.0 Å². The van der Waals surface area contributed by atoms with Gasteiger partial charge in [-0.3, -0.25) is 0 Å². The van der Waals surface area contributed by atoms with E-state index in [0.717, 1.165) is 5.69 Å². The third-order valence-corrected chi connectivity index (χ3v) is 2.47. The number of aryl methyl sites for hydroxylation is 1. The number of aliphatic hydroxyl groups excluding tert-OH is 1. The zero-order chi connectivity index (χ0) is 10.6. The Morgan fingerprint density at radius 1 is 1.36 bits per heavy atom. The molecule has 1 rings (SSSR count). The van der Waals surface area contributed by atoms with Crippen molar-refractivity contribution in [1.82, 2.24) is 0 Å². The second-order valence-corrected chi connectivity index (χ2v) is 3.52. The van der Waals surface area contributed by atoms with E-state index in [1.807, 2.05) is 24.1 Å². The minimum absolute atomic E-state index is 0.00212. The number of nitrogens with two attached hydrogens (primary N) is 1. The van der Waals surface area contributed by atoms with E-state index in [-0.39, 0.29) is 12.6 Å². The highest BCUT2D eigenvalue weighted by Crippen LogP contribution is 2.15. The fourth-order valence-electron chi connectivity index (χ4n) is 1.35. The number of aliphatic hydroxyl groups is 1. The van der Waals surface area contributed by atoms with Crippen LogP contribution in [0.15, 0.2) is 24.3 Å². The minimum atomic E-state index is -0.00212. The van der Waals surface area contributed by atoms with Crippen LogP contribution in [0.4, 0.5) is 5.69 Å². The lowest BCUT2D eigenvalue weighted by Crippen LogP contribution is -2.40. The molecular weight excluding hydrogens is 176 g/mol. The Labute approximate surface area is 85.2 Å². The fourth-order valence-corrected chi connectivity index (χ4v) is 1.35. The first kappa shape index (κ1) is 11.0. The van der Waals surface area contributed by atoms with Gasteiger partial charge in [-0.25, -0.2) is 0 Å². The molecular formula is C11H18N2O. The van der Waals surface area contributed by atoms with E-state index in [4.69, 9.17) is 10.8 Å². The predicted molar refractivity (Wildman–Crippen MR) is 59.5 cm³/mol. The molecule has 0 radical (unpaired) electrons. The van der Waals surface area contributed by atoms with Gasteiger partial charge in [0.2, 0.25) is 0 Å². The monoisotopic (exact) mass is 194 g/mol. The molecule has 0 aliphatic rings. The summed E-state index contributed by atoms with van der Waals surface area (Å²) in [7, 11) is 1.94. The lowest BCUT2D eigenvalue weighted by atomic mass is 10.2. The summed E-state index contributed by atoms with van der Waals surface area (Å²) in [6, 6.07) is 8.17. The van der Waals surface area contributed by atoms with E-state index in [9.17, 15) is 0 Å². The minimum Gasteiger partial charge on any atom is -0.394 e. The van der Waals surface area contributed by atoms with Crippen molar-refractivity contribution in [3.05, 3.63) is 29.8 Å². The number of rotatable bonds is 4. The van der Waals surface area contributed by atoms with E-state index in [2.05, 4.69) is 19.1 Å². The van der Waals surface area contributed by atoms with Crippen LogP contribution in [0.5, 0.6) is 0 Å². The van der Waals surface area contributed by atoms with Crippen LogP contribution in [0, 0.1) is 6.92 Å². The van der Waals surface area contributed by atoms with Gasteiger partial charge < -0.3 is 15.7 Å². The zero-order valence-corrected chi connectivity index (χ0v) is 8.77. The smallest absolute Gasteiger partial charge is 0.0647 e. The summed E-state index contributed by atoms with van der Waals surface area (Å²) in [5.41, 5.74) is 7.87. The van der Waals surface area contributed by atoms with Gasteiger partial charge in [0.25, 0.3) is 0 Å². The van der Waals surface area contributed by atoms with E-state index in [1.54, 1.807) is 0 Å². The first-order valence-electron chi connectivity index (χ1n) is 4.79. The van der Waals surface area contributed by atoms with Gasteiger partial charge in [-0.15, -0.1) is 0 Å². The molecule has 0 fully saturated rings. The molecule has 78 valence electrons. The molecule has 1 atom stereocenters. The Morgan fingerprint density at radius 2 is 1.93 bits per heavy atom. The molecule has 1 aromatic rings. The number of hydrogen-bond acceptors (Lipinski definition) is 3. The van der Waals surface area contributed by atoms with Crippen LogP contribution in [0.3, 0.4) is 0 Å². The maximum absolute atomic E-state index is 9.09. The zero-order valence-electron chi connectivity index (χ0n) is 8.77. The maximum atomic E-state index is 9.09. The summed E-state index contributed by atoms with van der Waals surface area (Å²) < 4.78 is 0. The van der Waals surface area contributed by atoms with E-state index in [0.29, 0.717) is 6.54 Å². The van der Waals surface area contributed by atoms with Gasteiger partial charge in [-0.1, -0.05) is 17.7 Å². The molecule has 3 nitrogen and oxygen atoms in total. The Hall–Kier alpha value is -1.06. The van der Waals surface area contributed by atoms with Gasteiger partial charge in [0, 0.05) is 19.3 Å². The lowest BCUT2D eigenvalue weighted by Gasteiger charge is -2.27. The first-order valence-corrected chi connectivity index (χ1v) is 4.79. The van der Waals surface area contributed by atoms with Crippen LogP contribution in [-0.4, -0.2) is 31.3 Å². The van der Waals surface area contributed by atoms with Gasteiger partial charge >= 0.3 is 0 Å². The standard InChI is InChI=1S/C11H18N2O/c1-9-3-5-10(6-4-9)13(2)11(7-12)8-14/h3-6,11,14H,7-8,12H2,1-2H3. The fraction of sp³-hybridized carbons (Fsp3) is 0.455. The van der Waals surface area contributed by atoms with Crippen molar-refractivity contribution in [3.8, 4) is 0 Å². The Bertz CT molecular complexity index is 267. The van der Waals surface area contributed by atoms with E-state index >= 15 is 0 Å². The summed E-state index contributed by atoms with van der Waals surface area (Å²) in [5.74, 6) is 0. The highest BCUT2D eigenvalue weighted by Gasteiger charge is 2.11. The molecule has 0 aliphatic carbocycles. The SMILES string of the molecule is Cc1ccc(N(C)C(CN)CO)cc1. The van der Waals surface area contributed by atoms with Crippen molar-refractivity contribution < 1.29 is 5.11 Å². The Kier molecular flexibility index (Phi) is 3.92. The van der Waals surface area contributed by atoms with E-state index in [1.165, 1.54) is 5.56 Å². The number of nitrogens with zero attached hydrogens (tertiary/aromatic N) is 1. The summed E-state index contributed by atoms with van der Waals surface area (Å²) in [5, 5.41) is 9.09. The van der Waals surface area contributed by atoms with Crippen molar-refractivity contribution in [3.63, 3.8) is 0 Å². The molecule has 1 aromatic carbocycles. The van der Waals surface area contributed by atoms with Crippen LogP contribution in [0.2, 0.25) is 0 Å². The van der Waals surface area contributed by atoms with Crippen LogP contribution >= 0.6 is 0 Å². The van der Waals surface area contributed by atoms with Gasteiger partial charge in [0.15, 0.2) is 0 Å². The summed E-state index contributed by atoms with van der Waals surface area (Å²) in [4.78, 5) is 2.00. The van der Waals surface area contributed by atoms with Gasteiger partial charge in [-0.2, -0.15) is 0 Å². The summed E-state index contributed by atoms with van der Waals surface area (Å²) in [6.07, 6.45) is 0. The van der Waals surface area contributed by atoms with Crippen molar-refractivity contribution in [2.24, 2.45) is 5.73 Å². The maximum Gasteiger partial charge on any atom is 0.0647 e. The van der Waals surface area contributed by atoms with Gasteiger partial charge in [0.1, 0.15) is 0 Å².